The molecular formula is C13H10N2O3S3. The molecule has 0 amide bonds. The van der Waals surface area contributed by atoms with Crippen LogP contribution in [0.5, 0.6) is 0 Å². The van der Waals surface area contributed by atoms with Gasteiger partial charge in [-0.3, -0.25) is 10.1 Å². The topological polar surface area (TPSA) is 76.3 Å². The second-order valence-corrected chi connectivity index (χ2v) is 7.93. The number of hydrogen-bond donors (Lipinski definition) is 1. The number of nitro groups is 1. The van der Waals surface area contributed by atoms with E-state index in [1.165, 1.54) is 40.5 Å². The summed E-state index contributed by atoms with van der Waals surface area (Å²) in [6.07, 6.45) is -0.710. The van der Waals surface area contributed by atoms with Crippen LogP contribution in [0.2, 0.25) is 0 Å². The van der Waals surface area contributed by atoms with Crippen LogP contribution in [0.4, 0.5) is 5.69 Å². The Labute approximate surface area is 132 Å². The maximum absolute atomic E-state index is 11.1. The molecule has 0 fully saturated rings. The predicted octanol–water partition coefficient (Wildman–Crippen LogP) is 4.47. The summed E-state index contributed by atoms with van der Waals surface area (Å²) in [5.74, 6) is 0. The van der Waals surface area contributed by atoms with Crippen molar-refractivity contribution in [3.63, 3.8) is 0 Å². The van der Waals surface area contributed by atoms with Crippen molar-refractivity contribution in [1.82, 2.24) is 4.98 Å². The van der Waals surface area contributed by atoms with E-state index in [2.05, 4.69) is 4.98 Å². The molecule has 108 valence electrons. The highest BCUT2D eigenvalue weighted by Gasteiger charge is 2.23. The maximum Gasteiger partial charge on any atom is 0.294 e. The quantitative estimate of drug-likeness (QED) is 0.561. The molecule has 0 saturated heterocycles. The predicted molar refractivity (Wildman–Crippen MR) is 85.4 cm³/mol. The molecule has 3 aromatic rings. The molecule has 0 spiro atoms. The largest absolute Gasteiger partial charge is 0.388 e. The molecule has 0 radical (unpaired) electrons. The van der Waals surface area contributed by atoms with E-state index >= 15 is 0 Å². The first kappa shape index (κ1) is 14.5. The summed E-state index contributed by atoms with van der Waals surface area (Å²) in [5, 5.41) is 20.7. The zero-order valence-electron chi connectivity index (χ0n) is 10.8. The number of rotatable bonds is 4. The molecule has 0 aliphatic heterocycles. The molecule has 8 heteroatoms. The van der Waals surface area contributed by atoms with Gasteiger partial charge in [0.15, 0.2) is 4.34 Å². The van der Waals surface area contributed by atoms with E-state index in [0.29, 0.717) is 9.09 Å². The van der Waals surface area contributed by atoms with E-state index in [0.717, 1.165) is 14.6 Å². The first-order valence-electron chi connectivity index (χ1n) is 6.04. The zero-order valence-corrected chi connectivity index (χ0v) is 13.3. The molecule has 2 heterocycles. The van der Waals surface area contributed by atoms with Gasteiger partial charge in [-0.05, 0) is 30.8 Å². The monoisotopic (exact) mass is 338 g/mol. The first-order chi connectivity index (χ1) is 10.0. The van der Waals surface area contributed by atoms with E-state index < -0.39 is 11.0 Å². The average molecular weight is 338 g/mol. The number of fused-ring (bicyclic) bond motifs is 1. The highest BCUT2D eigenvalue weighted by Crippen LogP contribution is 2.44. The van der Waals surface area contributed by atoms with E-state index in [4.69, 9.17) is 0 Å². The molecule has 1 unspecified atom stereocenters. The Morgan fingerprint density at radius 1 is 1.38 bits per heavy atom. The van der Waals surface area contributed by atoms with Crippen molar-refractivity contribution in [1.29, 1.82) is 0 Å². The van der Waals surface area contributed by atoms with E-state index in [1.807, 2.05) is 24.3 Å². The van der Waals surface area contributed by atoms with Gasteiger partial charge in [-0.2, -0.15) is 0 Å². The fourth-order valence-electron chi connectivity index (χ4n) is 1.76. The Morgan fingerprint density at radius 2 is 2.14 bits per heavy atom. The molecule has 1 atom stereocenters. The standard InChI is InChI=1S/C13H10N2O3S3/c1-7(16)11-6-9(15(17)18)12(19-11)21-13-14-8-4-2-3-5-10(8)20-13/h2-7,16H,1H3. The van der Waals surface area contributed by atoms with Crippen molar-refractivity contribution in [3.8, 4) is 0 Å². The molecular weight excluding hydrogens is 328 g/mol. The fraction of sp³-hybridized carbons (Fsp3) is 0.154. The minimum atomic E-state index is -0.710. The van der Waals surface area contributed by atoms with Crippen molar-refractivity contribution in [2.45, 2.75) is 21.6 Å². The first-order valence-corrected chi connectivity index (χ1v) is 8.49. The number of hydrogen-bond acceptors (Lipinski definition) is 7. The molecule has 0 saturated carbocycles. The summed E-state index contributed by atoms with van der Waals surface area (Å²) in [5.41, 5.74) is 0.917. The molecule has 1 aromatic carbocycles. The van der Waals surface area contributed by atoms with Gasteiger partial charge in [0.25, 0.3) is 5.69 Å². The van der Waals surface area contributed by atoms with Crippen molar-refractivity contribution in [3.05, 3.63) is 45.3 Å². The van der Waals surface area contributed by atoms with Crippen LogP contribution in [0, 0.1) is 10.1 Å². The Kier molecular flexibility index (Phi) is 3.94. The highest BCUT2D eigenvalue weighted by molar-refractivity contribution is 8.03. The van der Waals surface area contributed by atoms with E-state index in [1.54, 1.807) is 6.92 Å². The molecule has 0 aliphatic carbocycles. The summed E-state index contributed by atoms with van der Waals surface area (Å²) in [4.78, 5) is 15.8. The number of aliphatic hydroxyl groups excluding tert-OH is 1. The van der Waals surface area contributed by atoms with Gasteiger partial charge in [0.1, 0.15) is 4.21 Å². The third kappa shape index (κ3) is 2.93. The average Bonchev–Trinajstić information content (AvgIpc) is 3.02. The van der Waals surface area contributed by atoms with Crippen LogP contribution in [0.15, 0.2) is 38.9 Å². The van der Waals surface area contributed by atoms with Crippen LogP contribution in [0.25, 0.3) is 10.2 Å². The molecule has 5 nitrogen and oxygen atoms in total. The highest BCUT2D eigenvalue weighted by atomic mass is 32.2. The van der Waals surface area contributed by atoms with E-state index in [9.17, 15) is 15.2 Å². The summed E-state index contributed by atoms with van der Waals surface area (Å²) in [7, 11) is 0. The lowest BCUT2D eigenvalue weighted by Gasteiger charge is -1.95. The Morgan fingerprint density at radius 3 is 2.81 bits per heavy atom. The molecule has 21 heavy (non-hydrogen) atoms. The third-order valence-electron chi connectivity index (χ3n) is 2.76. The van der Waals surface area contributed by atoms with Crippen LogP contribution in [-0.4, -0.2) is 15.0 Å². The van der Waals surface area contributed by atoms with Crippen molar-refractivity contribution < 1.29 is 10.0 Å². The number of thiazole rings is 1. The lowest BCUT2D eigenvalue weighted by Crippen LogP contribution is -1.87. The fourth-order valence-corrected chi connectivity index (χ4v) is 5.33. The van der Waals surface area contributed by atoms with Gasteiger partial charge in [-0.1, -0.05) is 12.1 Å². The van der Waals surface area contributed by atoms with Gasteiger partial charge in [-0.15, -0.1) is 22.7 Å². The SMILES string of the molecule is CC(O)c1cc([N+](=O)[O-])c(Sc2nc3ccccc3s2)s1. The lowest BCUT2D eigenvalue weighted by atomic mass is 10.3. The second kappa shape index (κ2) is 5.72. The summed E-state index contributed by atoms with van der Waals surface area (Å²) in [6, 6.07) is 9.18. The molecule has 3 rings (SSSR count). The maximum atomic E-state index is 11.1. The molecule has 2 aromatic heterocycles. The number of thiophene rings is 1. The van der Waals surface area contributed by atoms with Crippen LogP contribution in [0.3, 0.4) is 0 Å². The number of nitrogens with zero attached hydrogens (tertiary/aromatic N) is 2. The van der Waals surface area contributed by atoms with Gasteiger partial charge in [0.05, 0.1) is 21.2 Å². The van der Waals surface area contributed by atoms with Gasteiger partial charge < -0.3 is 5.11 Å². The minimum Gasteiger partial charge on any atom is -0.388 e. The number of aliphatic hydroxyl groups is 1. The minimum absolute atomic E-state index is 0.0279. The van der Waals surface area contributed by atoms with Gasteiger partial charge in [0.2, 0.25) is 0 Å². The van der Waals surface area contributed by atoms with E-state index in [-0.39, 0.29) is 5.69 Å². The van der Waals surface area contributed by atoms with Gasteiger partial charge >= 0.3 is 0 Å². The third-order valence-corrected chi connectivity index (χ3v) is 6.34. The Bertz CT molecular complexity index is 777. The lowest BCUT2D eigenvalue weighted by molar-refractivity contribution is -0.387. The molecule has 1 N–H and O–H groups in total. The van der Waals surface area contributed by atoms with Crippen molar-refractivity contribution in [2.75, 3.05) is 0 Å². The van der Waals surface area contributed by atoms with Crippen LogP contribution in [0.1, 0.15) is 17.9 Å². The van der Waals surface area contributed by atoms with Crippen LogP contribution in [-0.2, 0) is 0 Å². The molecule has 0 aliphatic rings. The summed E-state index contributed by atoms with van der Waals surface area (Å²) in [6.45, 7) is 1.60. The smallest absolute Gasteiger partial charge is 0.294 e. The number of aromatic nitrogens is 1. The van der Waals surface area contributed by atoms with Gasteiger partial charge in [-0.25, -0.2) is 4.98 Å². The van der Waals surface area contributed by atoms with Gasteiger partial charge in [0, 0.05) is 10.9 Å². The molecule has 0 bridgehead atoms. The Balaban J connectivity index is 1.98. The number of para-hydroxylation sites is 1. The zero-order chi connectivity index (χ0) is 15.0. The van der Waals surface area contributed by atoms with Crippen molar-refractivity contribution >= 4 is 50.3 Å². The number of benzene rings is 1. The van der Waals surface area contributed by atoms with Crippen LogP contribution >= 0.6 is 34.4 Å². The van der Waals surface area contributed by atoms with Crippen molar-refractivity contribution in [2.24, 2.45) is 0 Å². The normalized spacial score (nSPS) is 12.7. The summed E-state index contributed by atoms with van der Waals surface area (Å²) < 4.78 is 2.36. The second-order valence-electron chi connectivity index (χ2n) is 4.30. The van der Waals surface area contributed by atoms with Crippen LogP contribution < -0.4 is 0 Å². The summed E-state index contributed by atoms with van der Waals surface area (Å²) >= 11 is 4.02. The Hall–Kier alpha value is -1.48.